The molecule has 1 saturated heterocycles. The van der Waals surface area contributed by atoms with Crippen LogP contribution in [0.15, 0.2) is 42.6 Å². The molecule has 0 atom stereocenters. The van der Waals surface area contributed by atoms with E-state index in [2.05, 4.69) is 26.5 Å². The van der Waals surface area contributed by atoms with E-state index in [1.165, 1.54) is 0 Å². The predicted octanol–water partition coefficient (Wildman–Crippen LogP) is 4.09. The molecule has 1 fully saturated rings. The van der Waals surface area contributed by atoms with Crippen LogP contribution < -0.4 is 19.7 Å². The van der Waals surface area contributed by atoms with E-state index in [1.807, 2.05) is 56.0 Å². The van der Waals surface area contributed by atoms with Gasteiger partial charge in [0.25, 0.3) is 0 Å². The summed E-state index contributed by atoms with van der Waals surface area (Å²) in [5.41, 5.74) is 1.81. The van der Waals surface area contributed by atoms with Gasteiger partial charge in [0.2, 0.25) is 0 Å². The van der Waals surface area contributed by atoms with Gasteiger partial charge in [-0.3, -0.25) is 0 Å². The van der Waals surface area contributed by atoms with Gasteiger partial charge in [0.1, 0.15) is 11.5 Å². The number of anilines is 2. The number of methoxy groups -OCH3 is 1. The van der Waals surface area contributed by atoms with Crippen molar-refractivity contribution >= 4 is 28.3 Å². The Kier molecular flexibility index (Phi) is 6.30. The average Bonchev–Trinajstić information content (AvgIpc) is 2.79. The normalized spacial score (nSPS) is 14.0. The van der Waals surface area contributed by atoms with Gasteiger partial charge < -0.3 is 24.6 Å². The monoisotopic (exact) mass is 435 g/mol. The van der Waals surface area contributed by atoms with Crippen molar-refractivity contribution in [2.24, 2.45) is 0 Å². The second-order valence-electron chi connectivity index (χ2n) is 8.17. The van der Waals surface area contributed by atoms with Crippen LogP contribution in [0.2, 0.25) is 0 Å². The molecule has 168 valence electrons. The van der Waals surface area contributed by atoms with Gasteiger partial charge in [0.05, 0.1) is 19.4 Å². The maximum absolute atomic E-state index is 12.7. The van der Waals surface area contributed by atoms with E-state index in [4.69, 9.17) is 9.47 Å². The molecule has 1 aliphatic heterocycles. The van der Waals surface area contributed by atoms with E-state index in [0.717, 1.165) is 39.3 Å². The Morgan fingerprint density at radius 2 is 1.81 bits per heavy atom. The number of amides is 2. The first-order valence-corrected chi connectivity index (χ1v) is 10.8. The number of urea groups is 1. The van der Waals surface area contributed by atoms with E-state index < -0.39 is 0 Å². The zero-order chi connectivity index (χ0) is 22.7. The number of aromatic nitrogens is 2. The average molecular weight is 436 g/mol. The van der Waals surface area contributed by atoms with Crippen molar-refractivity contribution in [2.75, 3.05) is 43.5 Å². The van der Waals surface area contributed by atoms with Gasteiger partial charge in [-0.1, -0.05) is 0 Å². The third kappa shape index (κ3) is 4.69. The van der Waals surface area contributed by atoms with Gasteiger partial charge in [-0.2, -0.15) is 5.10 Å². The summed E-state index contributed by atoms with van der Waals surface area (Å²) in [4.78, 5) is 16.7. The molecule has 0 radical (unpaired) electrons. The lowest BCUT2D eigenvalue weighted by Gasteiger charge is -2.35. The first-order chi connectivity index (χ1) is 15.4. The molecular formula is C24H29N5O3. The Morgan fingerprint density at radius 1 is 1.09 bits per heavy atom. The molecule has 32 heavy (non-hydrogen) atoms. The maximum atomic E-state index is 12.7. The van der Waals surface area contributed by atoms with E-state index in [0.29, 0.717) is 26.2 Å². The molecule has 1 aliphatic rings. The number of nitrogens with one attached hydrogen (secondary N) is 1. The summed E-state index contributed by atoms with van der Waals surface area (Å²) in [6.45, 7) is 8.54. The number of aryl methyl sites for hydroxylation is 1. The van der Waals surface area contributed by atoms with Crippen LogP contribution in [-0.4, -0.2) is 60.5 Å². The van der Waals surface area contributed by atoms with Crippen LogP contribution in [0.25, 0.3) is 10.8 Å². The van der Waals surface area contributed by atoms with Gasteiger partial charge in [0.15, 0.2) is 5.82 Å². The highest BCUT2D eigenvalue weighted by molar-refractivity contribution is 5.93. The topological polar surface area (TPSA) is 79.8 Å². The molecular weight excluding hydrogens is 406 g/mol. The van der Waals surface area contributed by atoms with E-state index >= 15 is 0 Å². The molecule has 0 aliphatic carbocycles. The number of hydrogen-bond donors (Lipinski definition) is 1. The molecule has 4 rings (SSSR count). The number of fused-ring (bicyclic) bond motifs is 1. The molecule has 3 aromatic rings. The van der Waals surface area contributed by atoms with E-state index in [-0.39, 0.29) is 12.1 Å². The second kappa shape index (κ2) is 9.30. The van der Waals surface area contributed by atoms with Gasteiger partial charge in [-0.15, -0.1) is 5.10 Å². The van der Waals surface area contributed by atoms with Gasteiger partial charge >= 0.3 is 6.03 Å². The smallest absolute Gasteiger partial charge is 0.321 e. The highest BCUT2D eigenvalue weighted by Gasteiger charge is 2.24. The van der Waals surface area contributed by atoms with Crippen molar-refractivity contribution in [3.8, 4) is 11.5 Å². The lowest BCUT2D eigenvalue weighted by molar-refractivity contribution is 0.208. The highest BCUT2D eigenvalue weighted by Crippen LogP contribution is 2.30. The van der Waals surface area contributed by atoms with Crippen molar-refractivity contribution in [3.63, 3.8) is 0 Å². The fraction of sp³-hybridized carbons (Fsp3) is 0.375. The minimum atomic E-state index is -0.108. The van der Waals surface area contributed by atoms with Crippen LogP contribution in [0.1, 0.15) is 19.4 Å². The number of rotatable bonds is 5. The summed E-state index contributed by atoms with van der Waals surface area (Å²) in [5, 5.41) is 13.6. The summed E-state index contributed by atoms with van der Waals surface area (Å²) >= 11 is 0. The summed E-state index contributed by atoms with van der Waals surface area (Å²) in [6, 6.07) is 11.4. The van der Waals surface area contributed by atoms with Crippen LogP contribution in [-0.2, 0) is 0 Å². The van der Waals surface area contributed by atoms with Gasteiger partial charge in [-0.25, -0.2) is 4.79 Å². The molecule has 2 heterocycles. The summed E-state index contributed by atoms with van der Waals surface area (Å²) in [6.07, 6.45) is 1.88. The summed E-state index contributed by atoms with van der Waals surface area (Å²) in [7, 11) is 1.67. The van der Waals surface area contributed by atoms with Crippen molar-refractivity contribution in [2.45, 2.75) is 26.9 Å². The lowest BCUT2D eigenvalue weighted by atomic mass is 10.1. The van der Waals surface area contributed by atoms with Crippen LogP contribution in [0.4, 0.5) is 16.3 Å². The molecule has 1 N–H and O–H groups in total. The molecule has 2 aromatic carbocycles. The Balaban J connectivity index is 1.40. The fourth-order valence-electron chi connectivity index (χ4n) is 3.88. The molecule has 0 spiro atoms. The van der Waals surface area contributed by atoms with Crippen LogP contribution in [0, 0.1) is 6.92 Å². The Bertz CT molecular complexity index is 1090. The third-order valence-corrected chi connectivity index (χ3v) is 5.50. The minimum Gasteiger partial charge on any atom is -0.496 e. The standard InChI is InChI=1S/C24H29N5O3/c1-16(2)32-20-7-5-19(6-8-20)26-24(30)29-11-9-28(10-12-29)23-21-14-22(31-4)17(3)13-18(21)15-25-27-23/h5-8,13-16H,9-12H2,1-4H3,(H,26,30). The lowest BCUT2D eigenvalue weighted by Crippen LogP contribution is -2.50. The third-order valence-electron chi connectivity index (χ3n) is 5.50. The largest absolute Gasteiger partial charge is 0.496 e. The van der Waals surface area contributed by atoms with Crippen molar-refractivity contribution in [1.82, 2.24) is 15.1 Å². The molecule has 0 unspecified atom stereocenters. The van der Waals surface area contributed by atoms with Crippen molar-refractivity contribution in [3.05, 3.63) is 48.2 Å². The quantitative estimate of drug-likeness (QED) is 0.650. The number of benzene rings is 2. The van der Waals surface area contributed by atoms with Gasteiger partial charge in [-0.05, 0) is 62.7 Å². The van der Waals surface area contributed by atoms with Crippen LogP contribution in [0.3, 0.4) is 0 Å². The van der Waals surface area contributed by atoms with Crippen molar-refractivity contribution in [1.29, 1.82) is 0 Å². The van der Waals surface area contributed by atoms with E-state index in [9.17, 15) is 4.79 Å². The molecule has 0 bridgehead atoms. The first kappa shape index (κ1) is 21.7. The summed E-state index contributed by atoms with van der Waals surface area (Å²) in [5.74, 6) is 2.44. The highest BCUT2D eigenvalue weighted by atomic mass is 16.5. The number of nitrogens with zero attached hydrogens (tertiary/aromatic N) is 4. The molecule has 1 aromatic heterocycles. The number of carbonyl (C=O) groups is 1. The Labute approximate surface area is 188 Å². The molecule has 2 amide bonds. The van der Waals surface area contributed by atoms with E-state index in [1.54, 1.807) is 13.3 Å². The fourth-order valence-corrected chi connectivity index (χ4v) is 3.88. The van der Waals surface area contributed by atoms with Gasteiger partial charge in [0, 0.05) is 42.6 Å². The van der Waals surface area contributed by atoms with Crippen molar-refractivity contribution < 1.29 is 14.3 Å². The SMILES string of the molecule is COc1cc2c(N3CCN(C(=O)Nc4ccc(OC(C)C)cc4)CC3)nncc2cc1C. The Morgan fingerprint density at radius 3 is 2.47 bits per heavy atom. The minimum absolute atomic E-state index is 0.108. The number of ether oxygens (including phenoxy) is 2. The number of carbonyl (C=O) groups excluding carboxylic acids is 1. The second-order valence-corrected chi connectivity index (χ2v) is 8.17. The zero-order valence-corrected chi connectivity index (χ0v) is 19.0. The van der Waals surface area contributed by atoms with Crippen LogP contribution >= 0.6 is 0 Å². The zero-order valence-electron chi connectivity index (χ0n) is 19.0. The maximum Gasteiger partial charge on any atom is 0.321 e. The number of piperazine rings is 1. The Hall–Kier alpha value is -3.55. The molecule has 0 saturated carbocycles. The molecule has 8 heteroatoms. The van der Waals surface area contributed by atoms with Crippen LogP contribution in [0.5, 0.6) is 11.5 Å². The predicted molar refractivity (Wildman–Crippen MR) is 126 cm³/mol. The molecule has 8 nitrogen and oxygen atoms in total. The number of hydrogen-bond acceptors (Lipinski definition) is 6. The summed E-state index contributed by atoms with van der Waals surface area (Å²) < 4.78 is 11.1. The first-order valence-electron chi connectivity index (χ1n) is 10.8.